The molecule has 0 aliphatic rings. The van der Waals surface area contributed by atoms with Crippen molar-refractivity contribution < 1.29 is 17.9 Å². The summed E-state index contributed by atoms with van der Waals surface area (Å²) in [6, 6.07) is 18.5. The van der Waals surface area contributed by atoms with Crippen LogP contribution in [0.3, 0.4) is 0 Å². The molecule has 32 heavy (non-hydrogen) atoms. The number of hydrogen-bond donors (Lipinski definition) is 1. The lowest BCUT2D eigenvalue weighted by atomic mass is 10.2. The number of anilines is 2. The van der Waals surface area contributed by atoms with E-state index in [1.54, 1.807) is 55.5 Å². The van der Waals surface area contributed by atoms with Gasteiger partial charge in [-0.25, -0.2) is 8.42 Å². The number of nitrogens with zero attached hydrogens (tertiary/aromatic N) is 1. The molecule has 1 amide bonds. The van der Waals surface area contributed by atoms with Crippen LogP contribution in [0.5, 0.6) is 5.75 Å². The number of ether oxygens (including phenoxy) is 1. The zero-order valence-electron chi connectivity index (χ0n) is 17.8. The first-order valence-electron chi connectivity index (χ1n) is 9.62. The molecule has 0 saturated heterocycles. The quantitative estimate of drug-likeness (QED) is 0.438. The Balaban J connectivity index is 2.02. The largest absolute Gasteiger partial charge is 0.495 e. The molecule has 3 aromatic rings. The predicted molar refractivity (Wildman–Crippen MR) is 131 cm³/mol. The zero-order chi connectivity index (χ0) is 23.3. The van der Waals surface area contributed by atoms with Crippen molar-refractivity contribution in [3.05, 3.63) is 77.3 Å². The lowest BCUT2D eigenvalue weighted by Crippen LogP contribution is -2.38. The van der Waals surface area contributed by atoms with E-state index in [0.717, 1.165) is 14.8 Å². The van der Waals surface area contributed by atoms with E-state index >= 15 is 0 Å². The Morgan fingerprint density at radius 1 is 1.09 bits per heavy atom. The van der Waals surface area contributed by atoms with Gasteiger partial charge in [-0.15, -0.1) is 11.8 Å². The molecule has 9 heteroatoms. The van der Waals surface area contributed by atoms with Crippen molar-refractivity contribution in [3.63, 3.8) is 0 Å². The standard InChI is InChI=1S/C23H23ClN2O4S2/c1-16-8-13-20(30-2)22(14-16)32(28,29)26(18-11-9-17(24)10-12-18)15-23(27)25-19-6-4-5-7-21(19)31-3/h4-14H,15H2,1-3H3,(H,25,27). The molecule has 0 saturated carbocycles. The minimum absolute atomic E-state index is 0.0211. The number of rotatable bonds is 8. The lowest BCUT2D eigenvalue weighted by Gasteiger charge is -2.25. The van der Waals surface area contributed by atoms with Gasteiger partial charge in [0.25, 0.3) is 10.0 Å². The van der Waals surface area contributed by atoms with E-state index in [1.807, 2.05) is 18.4 Å². The van der Waals surface area contributed by atoms with E-state index in [-0.39, 0.29) is 10.6 Å². The molecule has 0 heterocycles. The zero-order valence-corrected chi connectivity index (χ0v) is 20.2. The van der Waals surface area contributed by atoms with Crippen molar-refractivity contribution in [1.82, 2.24) is 0 Å². The molecular formula is C23H23ClN2O4S2. The van der Waals surface area contributed by atoms with Gasteiger partial charge in [-0.05, 0) is 67.3 Å². The molecule has 0 spiro atoms. The SMILES string of the molecule is COc1ccc(C)cc1S(=O)(=O)N(CC(=O)Nc1ccccc1SC)c1ccc(Cl)cc1. The third kappa shape index (κ3) is 5.38. The van der Waals surface area contributed by atoms with Crippen molar-refractivity contribution in [2.75, 3.05) is 29.5 Å². The van der Waals surface area contributed by atoms with Gasteiger partial charge in [0.05, 0.1) is 18.5 Å². The first-order chi connectivity index (χ1) is 15.3. The normalized spacial score (nSPS) is 11.1. The summed E-state index contributed by atoms with van der Waals surface area (Å²) in [5.41, 5.74) is 1.68. The highest BCUT2D eigenvalue weighted by molar-refractivity contribution is 7.98. The Bertz CT molecular complexity index is 1210. The van der Waals surface area contributed by atoms with Gasteiger partial charge in [0.1, 0.15) is 17.2 Å². The van der Waals surface area contributed by atoms with Crippen molar-refractivity contribution >= 4 is 50.7 Å². The summed E-state index contributed by atoms with van der Waals surface area (Å²) in [7, 11) is -2.73. The van der Waals surface area contributed by atoms with Gasteiger partial charge >= 0.3 is 0 Å². The van der Waals surface area contributed by atoms with Crippen LogP contribution in [0.25, 0.3) is 0 Å². The Morgan fingerprint density at radius 3 is 2.44 bits per heavy atom. The van der Waals surface area contributed by atoms with Crippen LogP contribution < -0.4 is 14.4 Å². The number of carbonyl (C=O) groups is 1. The Hall–Kier alpha value is -2.68. The fourth-order valence-corrected chi connectivity index (χ4v) is 5.44. The van der Waals surface area contributed by atoms with Crippen LogP contribution >= 0.6 is 23.4 Å². The Kier molecular flexibility index (Phi) is 7.71. The van der Waals surface area contributed by atoms with E-state index in [9.17, 15) is 13.2 Å². The third-order valence-electron chi connectivity index (χ3n) is 4.67. The minimum atomic E-state index is -4.14. The molecule has 0 aromatic heterocycles. The average Bonchev–Trinajstić information content (AvgIpc) is 2.78. The van der Waals surface area contributed by atoms with E-state index < -0.39 is 22.5 Å². The smallest absolute Gasteiger partial charge is 0.268 e. The number of hydrogen-bond acceptors (Lipinski definition) is 5. The van der Waals surface area contributed by atoms with Gasteiger partial charge < -0.3 is 10.1 Å². The number of halogens is 1. The second-order valence-electron chi connectivity index (χ2n) is 6.89. The van der Waals surface area contributed by atoms with Crippen LogP contribution in [0.1, 0.15) is 5.56 Å². The number of thioether (sulfide) groups is 1. The number of para-hydroxylation sites is 1. The Labute approximate surface area is 197 Å². The molecule has 0 aliphatic carbocycles. The maximum atomic E-state index is 13.7. The minimum Gasteiger partial charge on any atom is -0.495 e. The number of amides is 1. The summed E-state index contributed by atoms with van der Waals surface area (Å²) in [4.78, 5) is 13.8. The Morgan fingerprint density at radius 2 is 1.78 bits per heavy atom. The van der Waals surface area contributed by atoms with Crippen molar-refractivity contribution in [3.8, 4) is 5.75 Å². The van der Waals surface area contributed by atoms with Gasteiger partial charge in [-0.2, -0.15) is 0 Å². The van der Waals surface area contributed by atoms with E-state index in [0.29, 0.717) is 16.4 Å². The van der Waals surface area contributed by atoms with Gasteiger partial charge in [0, 0.05) is 9.92 Å². The molecule has 3 aromatic carbocycles. The van der Waals surface area contributed by atoms with Crippen LogP contribution in [-0.4, -0.2) is 34.2 Å². The first kappa shape index (κ1) is 24.0. The van der Waals surface area contributed by atoms with Crippen LogP contribution in [0.2, 0.25) is 5.02 Å². The molecule has 1 N–H and O–H groups in total. The van der Waals surface area contributed by atoms with Gasteiger partial charge in [0.15, 0.2) is 0 Å². The summed E-state index contributed by atoms with van der Waals surface area (Å²) < 4.78 is 33.7. The number of carbonyl (C=O) groups excluding carboxylic acids is 1. The molecule has 0 fully saturated rings. The maximum absolute atomic E-state index is 13.7. The van der Waals surface area contributed by atoms with Gasteiger partial charge in [-0.3, -0.25) is 9.10 Å². The molecular weight excluding hydrogens is 468 g/mol. The van der Waals surface area contributed by atoms with E-state index in [4.69, 9.17) is 16.3 Å². The first-order valence-corrected chi connectivity index (χ1v) is 12.7. The number of benzene rings is 3. The van der Waals surface area contributed by atoms with Crippen molar-refractivity contribution in [2.24, 2.45) is 0 Å². The highest BCUT2D eigenvalue weighted by Gasteiger charge is 2.30. The fraction of sp³-hybridized carbons (Fsp3) is 0.174. The van der Waals surface area contributed by atoms with Crippen LogP contribution in [0.15, 0.2) is 76.5 Å². The lowest BCUT2D eigenvalue weighted by molar-refractivity contribution is -0.114. The number of sulfonamides is 1. The predicted octanol–water partition coefficient (Wildman–Crippen LogP) is 5.21. The molecule has 168 valence electrons. The van der Waals surface area contributed by atoms with Crippen molar-refractivity contribution in [1.29, 1.82) is 0 Å². The molecule has 0 bridgehead atoms. The highest BCUT2D eigenvalue weighted by Crippen LogP contribution is 2.32. The van der Waals surface area contributed by atoms with E-state index in [2.05, 4.69) is 5.32 Å². The molecule has 0 aliphatic heterocycles. The maximum Gasteiger partial charge on any atom is 0.268 e. The molecule has 0 unspecified atom stereocenters. The second-order valence-corrected chi connectivity index (χ2v) is 10.0. The summed E-state index contributed by atoms with van der Waals surface area (Å²) >= 11 is 7.48. The van der Waals surface area contributed by atoms with Crippen LogP contribution in [0, 0.1) is 6.92 Å². The molecule has 6 nitrogen and oxygen atoms in total. The third-order valence-corrected chi connectivity index (χ3v) is 7.51. The van der Waals surface area contributed by atoms with Crippen molar-refractivity contribution in [2.45, 2.75) is 16.7 Å². The van der Waals surface area contributed by atoms with Crippen LogP contribution in [-0.2, 0) is 14.8 Å². The molecule has 3 rings (SSSR count). The van der Waals surface area contributed by atoms with E-state index in [1.165, 1.54) is 24.9 Å². The fourth-order valence-electron chi connectivity index (χ4n) is 3.09. The summed E-state index contributed by atoms with van der Waals surface area (Å²) in [6.07, 6.45) is 1.90. The molecule has 0 radical (unpaired) electrons. The number of nitrogens with one attached hydrogen (secondary N) is 1. The topological polar surface area (TPSA) is 75.7 Å². The van der Waals surface area contributed by atoms with Gasteiger partial charge in [-0.1, -0.05) is 29.8 Å². The number of aryl methyl sites for hydroxylation is 1. The summed E-state index contributed by atoms with van der Waals surface area (Å²) in [6.45, 7) is 1.36. The molecule has 0 atom stereocenters. The monoisotopic (exact) mass is 490 g/mol. The number of methoxy groups -OCH3 is 1. The average molecular weight is 491 g/mol. The second kappa shape index (κ2) is 10.3. The van der Waals surface area contributed by atoms with Gasteiger partial charge in [0.2, 0.25) is 5.91 Å². The highest BCUT2D eigenvalue weighted by atomic mass is 35.5. The summed E-state index contributed by atoms with van der Waals surface area (Å²) in [5.74, 6) is -0.278. The summed E-state index contributed by atoms with van der Waals surface area (Å²) in [5, 5.41) is 3.27. The van der Waals surface area contributed by atoms with Crippen LogP contribution in [0.4, 0.5) is 11.4 Å².